The largest absolute Gasteiger partial charge is 0.479 e. The quantitative estimate of drug-likeness (QED) is 0.806. The summed E-state index contributed by atoms with van der Waals surface area (Å²) in [5.41, 5.74) is -4.78. The summed E-state index contributed by atoms with van der Waals surface area (Å²) in [6.45, 7) is 4.05. The fourth-order valence-corrected chi connectivity index (χ4v) is 2.94. The molecule has 8 heteroatoms. The molecule has 20 heavy (non-hydrogen) atoms. The average Bonchev–Trinajstić information content (AvgIpc) is 2.63. The van der Waals surface area contributed by atoms with Crippen LogP contribution in [0.1, 0.15) is 33.6 Å². The van der Waals surface area contributed by atoms with Crippen molar-refractivity contribution >= 4 is 12.1 Å². The zero-order valence-corrected chi connectivity index (χ0v) is 11.4. The molecule has 1 aliphatic carbocycles. The number of ether oxygens (including phenoxy) is 1. The number of fused-ring (bicyclic) bond motifs is 1. The van der Waals surface area contributed by atoms with Gasteiger partial charge in [-0.2, -0.15) is 13.2 Å². The maximum atomic E-state index is 13.0. The third-order valence-electron chi connectivity index (χ3n) is 3.85. The molecule has 2 aliphatic heterocycles. The minimum atomic E-state index is -4.53. The Bertz CT molecular complexity index is 460. The van der Waals surface area contributed by atoms with E-state index in [0.29, 0.717) is 4.90 Å². The van der Waals surface area contributed by atoms with Crippen molar-refractivity contribution in [2.24, 2.45) is 5.41 Å². The van der Waals surface area contributed by atoms with Crippen LogP contribution in [0.5, 0.6) is 0 Å². The monoisotopic (exact) mass is 295 g/mol. The summed E-state index contributed by atoms with van der Waals surface area (Å²) < 4.78 is 44.1. The van der Waals surface area contributed by atoms with E-state index in [0.717, 1.165) is 0 Å². The van der Waals surface area contributed by atoms with Crippen LogP contribution < -0.4 is 0 Å². The Labute approximate surface area is 113 Å². The van der Waals surface area contributed by atoms with Gasteiger partial charge in [0.25, 0.3) is 0 Å². The maximum Gasteiger partial charge on any atom is 0.411 e. The van der Waals surface area contributed by atoms with Gasteiger partial charge in [0.15, 0.2) is 0 Å². The predicted octanol–water partition coefficient (Wildman–Crippen LogP) is 2.40. The van der Waals surface area contributed by atoms with Gasteiger partial charge < -0.3 is 9.84 Å². The van der Waals surface area contributed by atoms with Crippen molar-refractivity contribution in [3.63, 3.8) is 0 Å². The molecule has 3 rings (SSSR count). The number of carbonyl (C=O) groups excluding carboxylic acids is 1. The lowest BCUT2D eigenvalue weighted by Gasteiger charge is -2.44. The Morgan fingerprint density at radius 1 is 1.20 bits per heavy atom. The number of rotatable bonds is 1. The van der Waals surface area contributed by atoms with E-state index in [9.17, 15) is 27.9 Å². The molecule has 2 heterocycles. The lowest BCUT2D eigenvalue weighted by Crippen LogP contribution is -2.60. The van der Waals surface area contributed by atoms with Crippen LogP contribution in [0, 0.1) is 5.41 Å². The lowest BCUT2D eigenvalue weighted by atomic mass is 9.61. The summed E-state index contributed by atoms with van der Waals surface area (Å²) in [6.07, 6.45) is -6.73. The first-order valence-electron chi connectivity index (χ1n) is 6.14. The second-order valence-electron chi connectivity index (χ2n) is 6.53. The number of carboxylic acid groups (broad SMARTS) is 1. The number of carboxylic acids is 1. The number of nitrogens with zero attached hydrogens (tertiary/aromatic N) is 1. The number of alkyl halides is 3. The van der Waals surface area contributed by atoms with Gasteiger partial charge in [0.1, 0.15) is 11.1 Å². The van der Waals surface area contributed by atoms with Crippen molar-refractivity contribution in [2.45, 2.75) is 50.9 Å². The molecule has 5 nitrogen and oxygen atoms in total. The van der Waals surface area contributed by atoms with Crippen LogP contribution in [0.3, 0.4) is 0 Å². The molecule has 0 aromatic heterocycles. The molecule has 0 radical (unpaired) electrons. The minimum Gasteiger partial charge on any atom is -0.479 e. The Morgan fingerprint density at radius 3 is 2.05 bits per heavy atom. The van der Waals surface area contributed by atoms with Crippen LogP contribution in [0.25, 0.3) is 0 Å². The smallest absolute Gasteiger partial charge is 0.411 e. The zero-order chi connectivity index (χ0) is 15.6. The second-order valence-corrected chi connectivity index (χ2v) is 6.53. The number of amides is 1. The lowest BCUT2D eigenvalue weighted by molar-refractivity contribution is -0.243. The summed E-state index contributed by atoms with van der Waals surface area (Å²) in [5.74, 6) is -1.42. The van der Waals surface area contributed by atoms with Gasteiger partial charge in [-0.1, -0.05) is 0 Å². The molecule has 0 spiro atoms. The van der Waals surface area contributed by atoms with Crippen LogP contribution in [0.2, 0.25) is 0 Å². The topological polar surface area (TPSA) is 66.8 Å². The van der Waals surface area contributed by atoms with Gasteiger partial charge in [0.05, 0.1) is 5.41 Å². The predicted molar refractivity (Wildman–Crippen MR) is 61.0 cm³/mol. The Kier molecular flexibility index (Phi) is 2.83. The van der Waals surface area contributed by atoms with Crippen molar-refractivity contribution in [3.05, 3.63) is 0 Å². The van der Waals surface area contributed by atoms with Crippen molar-refractivity contribution in [1.29, 1.82) is 0 Å². The summed E-state index contributed by atoms with van der Waals surface area (Å²) in [7, 11) is 0. The Morgan fingerprint density at radius 2 is 1.70 bits per heavy atom. The molecule has 114 valence electrons. The van der Waals surface area contributed by atoms with Crippen LogP contribution >= 0.6 is 0 Å². The molecule has 3 aliphatic rings. The maximum absolute atomic E-state index is 13.0. The number of aliphatic carboxylic acids is 1. The van der Waals surface area contributed by atoms with E-state index in [1.165, 1.54) is 0 Å². The first-order valence-corrected chi connectivity index (χ1v) is 6.14. The molecule has 0 aromatic carbocycles. The SMILES string of the molecule is CC(C)(C)OC(=O)N1CC2(C(F)(F)F)CC1(C(=O)O)C2. The summed E-state index contributed by atoms with van der Waals surface area (Å²) in [6, 6.07) is 0. The molecule has 2 bridgehead atoms. The number of halogens is 3. The van der Waals surface area contributed by atoms with E-state index >= 15 is 0 Å². The average molecular weight is 295 g/mol. The van der Waals surface area contributed by atoms with Gasteiger partial charge in [-0.05, 0) is 33.6 Å². The normalized spacial score (nSPS) is 32.8. The van der Waals surface area contributed by atoms with E-state index < -0.39 is 54.2 Å². The molecule has 1 N–H and O–H groups in total. The molecule has 3 fully saturated rings. The highest BCUT2D eigenvalue weighted by Gasteiger charge is 2.79. The highest BCUT2D eigenvalue weighted by Crippen LogP contribution is 2.66. The first-order chi connectivity index (χ1) is 8.83. The first kappa shape index (κ1) is 14.9. The molecule has 0 aromatic rings. The van der Waals surface area contributed by atoms with Gasteiger partial charge in [-0.25, -0.2) is 9.59 Å². The standard InChI is InChI=1S/C12H16F3NO4/c1-9(2,3)20-8(19)16-6-10(12(13,14)15)4-11(16,5-10)7(17)18/h4-6H2,1-3H3,(H,17,18). The highest BCUT2D eigenvalue weighted by molar-refractivity contribution is 5.88. The van der Waals surface area contributed by atoms with E-state index in [1.807, 2.05) is 0 Å². The number of hydrogen-bond donors (Lipinski definition) is 1. The van der Waals surface area contributed by atoms with Crippen LogP contribution in [-0.4, -0.2) is 45.9 Å². The molecule has 0 atom stereocenters. The fraction of sp³-hybridized carbons (Fsp3) is 0.833. The van der Waals surface area contributed by atoms with Crippen molar-refractivity contribution in [1.82, 2.24) is 4.90 Å². The Balaban J connectivity index is 2.27. The summed E-state index contributed by atoms with van der Waals surface area (Å²) in [4.78, 5) is 24.0. The van der Waals surface area contributed by atoms with Crippen molar-refractivity contribution < 1.29 is 32.6 Å². The molecule has 1 amide bonds. The highest BCUT2D eigenvalue weighted by atomic mass is 19.4. The van der Waals surface area contributed by atoms with Crippen LogP contribution in [0.15, 0.2) is 0 Å². The molecule has 1 saturated carbocycles. The van der Waals surface area contributed by atoms with Crippen LogP contribution in [-0.2, 0) is 9.53 Å². The molecular weight excluding hydrogens is 279 g/mol. The number of hydrogen-bond acceptors (Lipinski definition) is 3. The van der Waals surface area contributed by atoms with Crippen molar-refractivity contribution in [2.75, 3.05) is 6.54 Å². The molecule has 0 unspecified atom stereocenters. The summed E-state index contributed by atoms with van der Waals surface area (Å²) >= 11 is 0. The van der Waals surface area contributed by atoms with Gasteiger partial charge in [-0.3, -0.25) is 4.90 Å². The number of carbonyl (C=O) groups is 2. The van der Waals surface area contributed by atoms with E-state index in [2.05, 4.69) is 0 Å². The van der Waals surface area contributed by atoms with Crippen LogP contribution in [0.4, 0.5) is 18.0 Å². The second kappa shape index (κ2) is 3.79. The van der Waals surface area contributed by atoms with E-state index in [-0.39, 0.29) is 0 Å². The van der Waals surface area contributed by atoms with Crippen molar-refractivity contribution in [3.8, 4) is 0 Å². The molecule has 2 saturated heterocycles. The van der Waals surface area contributed by atoms with Gasteiger partial charge in [0, 0.05) is 6.54 Å². The van der Waals surface area contributed by atoms with Gasteiger partial charge >= 0.3 is 18.2 Å². The van der Waals surface area contributed by atoms with Gasteiger partial charge in [0.2, 0.25) is 0 Å². The summed E-state index contributed by atoms with van der Waals surface area (Å²) in [5, 5.41) is 9.19. The molecular formula is C12H16F3NO4. The fourth-order valence-electron chi connectivity index (χ4n) is 2.94. The third kappa shape index (κ3) is 1.92. The van der Waals surface area contributed by atoms with E-state index in [1.54, 1.807) is 20.8 Å². The zero-order valence-electron chi connectivity index (χ0n) is 11.4. The van der Waals surface area contributed by atoms with E-state index in [4.69, 9.17) is 4.74 Å². The third-order valence-corrected chi connectivity index (χ3v) is 3.85. The minimum absolute atomic E-state index is 0.599. The Hall–Kier alpha value is -1.47. The van der Waals surface area contributed by atoms with Gasteiger partial charge in [-0.15, -0.1) is 0 Å².